The van der Waals surface area contributed by atoms with Crippen LogP contribution in [-0.2, 0) is 0 Å². The number of hydrogen-bond acceptors (Lipinski definition) is 3. The van der Waals surface area contributed by atoms with Gasteiger partial charge in [-0.05, 0) is 19.8 Å². The summed E-state index contributed by atoms with van der Waals surface area (Å²) in [5.74, 6) is 0. The third-order valence-corrected chi connectivity index (χ3v) is 2.79. The fourth-order valence-electron chi connectivity index (χ4n) is 1.88. The Morgan fingerprint density at radius 2 is 2.20 bits per heavy atom. The topological polar surface area (TPSA) is 58.3 Å². The molecule has 3 heteroatoms. The van der Waals surface area contributed by atoms with Gasteiger partial charge in [0.25, 0.3) is 0 Å². The van der Waals surface area contributed by atoms with E-state index in [4.69, 9.17) is 5.73 Å². The first-order valence-electron chi connectivity index (χ1n) is 3.85. The van der Waals surface area contributed by atoms with E-state index in [1.165, 1.54) is 0 Å². The van der Waals surface area contributed by atoms with Gasteiger partial charge < -0.3 is 16.2 Å². The van der Waals surface area contributed by atoms with Crippen LogP contribution in [0.25, 0.3) is 0 Å². The molecule has 1 saturated carbocycles. The van der Waals surface area contributed by atoms with Gasteiger partial charge in [-0.3, -0.25) is 0 Å². The molecule has 1 aliphatic carbocycles. The van der Waals surface area contributed by atoms with E-state index in [0.29, 0.717) is 6.04 Å². The first-order chi connectivity index (χ1) is 4.64. The lowest BCUT2D eigenvalue weighted by Crippen LogP contribution is -2.35. The summed E-state index contributed by atoms with van der Waals surface area (Å²) in [5.41, 5.74) is 5.81. The quantitative estimate of drug-likeness (QED) is 0.415. The molecule has 0 aromatic carbocycles. The molecule has 0 aromatic heterocycles. The molecule has 1 saturated heterocycles. The van der Waals surface area contributed by atoms with Crippen molar-refractivity contribution in [3.8, 4) is 0 Å². The third kappa shape index (κ3) is 0.713. The summed E-state index contributed by atoms with van der Waals surface area (Å²) in [6, 6.07) is 0.606. The van der Waals surface area contributed by atoms with Crippen molar-refractivity contribution >= 4 is 0 Å². The van der Waals surface area contributed by atoms with Gasteiger partial charge >= 0.3 is 0 Å². The van der Waals surface area contributed by atoms with Gasteiger partial charge in [0.2, 0.25) is 0 Å². The van der Waals surface area contributed by atoms with Crippen molar-refractivity contribution in [1.82, 2.24) is 5.32 Å². The fourth-order valence-corrected chi connectivity index (χ4v) is 1.88. The molecule has 2 rings (SSSR count). The molecule has 2 fully saturated rings. The van der Waals surface area contributed by atoms with Crippen molar-refractivity contribution in [2.24, 2.45) is 5.73 Å². The van der Waals surface area contributed by atoms with Gasteiger partial charge in [-0.2, -0.15) is 0 Å². The number of nitrogens with one attached hydrogen (secondary N) is 1. The lowest BCUT2D eigenvalue weighted by molar-refractivity contribution is 0.239. The summed E-state index contributed by atoms with van der Waals surface area (Å²) >= 11 is 0. The minimum absolute atomic E-state index is 0.0266. The minimum Gasteiger partial charge on any atom is -0.391 e. The highest BCUT2D eigenvalue weighted by Crippen LogP contribution is 2.44. The van der Waals surface area contributed by atoms with Gasteiger partial charge in [0.05, 0.1) is 6.10 Å². The normalized spacial score (nSPS) is 59.7. The maximum atomic E-state index is 9.23. The molecule has 0 bridgehead atoms. The third-order valence-electron chi connectivity index (χ3n) is 2.79. The van der Waals surface area contributed by atoms with Crippen molar-refractivity contribution in [2.45, 2.75) is 43.5 Å². The number of aliphatic hydroxyl groups is 1. The lowest BCUT2D eigenvalue weighted by atomic mass is 10.1. The Morgan fingerprint density at radius 3 is 2.40 bits per heavy atom. The second-order valence-electron chi connectivity index (χ2n) is 3.68. The van der Waals surface area contributed by atoms with Crippen LogP contribution in [0, 0.1) is 0 Å². The van der Waals surface area contributed by atoms with Crippen LogP contribution < -0.4 is 11.1 Å². The predicted octanol–water partition coefficient (Wildman–Crippen LogP) is -0.801. The highest BCUT2D eigenvalue weighted by Gasteiger charge is 2.58. The van der Waals surface area contributed by atoms with E-state index in [2.05, 4.69) is 12.2 Å². The largest absolute Gasteiger partial charge is 0.391 e. The first-order valence-corrected chi connectivity index (χ1v) is 3.85. The summed E-state index contributed by atoms with van der Waals surface area (Å²) in [7, 11) is 0. The van der Waals surface area contributed by atoms with Crippen LogP contribution in [0.5, 0.6) is 0 Å². The Bertz CT molecular complexity index is 150. The van der Waals surface area contributed by atoms with Crippen LogP contribution in [0.3, 0.4) is 0 Å². The molecule has 4 atom stereocenters. The van der Waals surface area contributed by atoms with E-state index in [1.54, 1.807) is 0 Å². The van der Waals surface area contributed by atoms with E-state index in [-0.39, 0.29) is 17.7 Å². The van der Waals surface area contributed by atoms with Crippen molar-refractivity contribution in [1.29, 1.82) is 0 Å². The van der Waals surface area contributed by atoms with Gasteiger partial charge in [0, 0.05) is 17.6 Å². The fraction of sp³-hybridized carbons (Fsp3) is 1.00. The van der Waals surface area contributed by atoms with Gasteiger partial charge in [-0.1, -0.05) is 0 Å². The molecule has 2 aliphatic rings. The maximum Gasteiger partial charge on any atom is 0.0742 e. The Morgan fingerprint density at radius 1 is 1.60 bits per heavy atom. The zero-order valence-electron chi connectivity index (χ0n) is 6.17. The molecule has 0 radical (unpaired) electrons. The molecule has 1 aliphatic heterocycles. The average Bonchev–Trinajstić information content (AvgIpc) is 2.31. The Kier molecular flexibility index (Phi) is 1.14. The van der Waals surface area contributed by atoms with E-state index in [0.717, 1.165) is 12.8 Å². The second-order valence-corrected chi connectivity index (χ2v) is 3.68. The zero-order chi connectivity index (χ0) is 7.35. The van der Waals surface area contributed by atoms with Crippen LogP contribution in [0.4, 0.5) is 0 Å². The van der Waals surface area contributed by atoms with E-state index in [9.17, 15) is 5.11 Å². The standard InChI is InChI=1S/C7H14N2O/c1-4-5(8)2-7(9-4)3-6(7)10/h4-6,9-10H,2-3,8H2,1H3. The molecule has 1 heterocycles. The van der Waals surface area contributed by atoms with Gasteiger partial charge in [-0.15, -0.1) is 0 Å². The molecule has 4 unspecified atom stereocenters. The summed E-state index contributed by atoms with van der Waals surface area (Å²) in [4.78, 5) is 0. The summed E-state index contributed by atoms with van der Waals surface area (Å²) in [6.45, 7) is 2.07. The van der Waals surface area contributed by atoms with Gasteiger partial charge in [-0.25, -0.2) is 0 Å². The zero-order valence-corrected chi connectivity index (χ0v) is 6.17. The van der Waals surface area contributed by atoms with Crippen LogP contribution in [-0.4, -0.2) is 28.8 Å². The second kappa shape index (κ2) is 1.72. The van der Waals surface area contributed by atoms with E-state index in [1.807, 2.05) is 0 Å². The van der Waals surface area contributed by atoms with Gasteiger partial charge in [0.1, 0.15) is 0 Å². The predicted molar refractivity (Wildman–Crippen MR) is 38.5 cm³/mol. The van der Waals surface area contributed by atoms with E-state index < -0.39 is 0 Å². The molecule has 58 valence electrons. The molecule has 1 spiro atoms. The number of aliphatic hydroxyl groups excluding tert-OH is 1. The molecule has 4 N–H and O–H groups in total. The Hall–Kier alpha value is -0.120. The lowest BCUT2D eigenvalue weighted by Gasteiger charge is -2.08. The van der Waals surface area contributed by atoms with E-state index >= 15 is 0 Å². The van der Waals surface area contributed by atoms with Crippen LogP contribution >= 0.6 is 0 Å². The maximum absolute atomic E-state index is 9.23. The molecular formula is C7H14N2O. The van der Waals surface area contributed by atoms with Crippen LogP contribution in [0.15, 0.2) is 0 Å². The molecule has 0 aromatic rings. The smallest absolute Gasteiger partial charge is 0.0742 e. The molecule has 3 nitrogen and oxygen atoms in total. The monoisotopic (exact) mass is 142 g/mol. The number of nitrogens with two attached hydrogens (primary N) is 1. The van der Waals surface area contributed by atoms with Crippen LogP contribution in [0.1, 0.15) is 19.8 Å². The van der Waals surface area contributed by atoms with Crippen LogP contribution in [0.2, 0.25) is 0 Å². The summed E-state index contributed by atoms with van der Waals surface area (Å²) < 4.78 is 0. The SMILES string of the molecule is CC1NC2(CC1N)CC2O. The average molecular weight is 142 g/mol. The number of hydrogen-bond donors (Lipinski definition) is 3. The van der Waals surface area contributed by atoms with Crippen molar-refractivity contribution in [2.75, 3.05) is 0 Å². The Labute approximate surface area is 60.6 Å². The summed E-state index contributed by atoms with van der Waals surface area (Å²) in [6.07, 6.45) is 1.70. The minimum atomic E-state index is -0.136. The number of rotatable bonds is 0. The van der Waals surface area contributed by atoms with Crippen molar-refractivity contribution in [3.05, 3.63) is 0 Å². The highest BCUT2D eigenvalue weighted by atomic mass is 16.3. The van der Waals surface area contributed by atoms with Crippen molar-refractivity contribution < 1.29 is 5.11 Å². The Balaban J connectivity index is 2.06. The van der Waals surface area contributed by atoms with Crippen molar-refractivity contribution in [3.63, 3.8) is 0 Å². The molecular weight excluding hydrogens is 128 g/mol. The molecule has 0 amide bonds. The summed E-state index contributed by atoms with van der Waals surface area (Å²) in [5, 5.41) is 12.6. The highest BCUT2D eigenvalue weighted by molar-refractivity contribution is 5.18. The van der Waals surface area contributed by atoms with Gasteiger partial charge in [0.15, 0.2) is 0 Å². The molecule has 10 heavy (non-hydrogen) atoms. The first kappa shape index (κ1) is 6.58.